The zero-order valence-corrected chi connectivity index (χ0v) is 15.9. The molecular weight excluding hydrogens is 367 g/mol. The number of ketones is 1. The van der Waals surface area contributed by atoms with E-state index in [0.717, 1.165) is 11.1 Å². The van der Waals surface area contributed by atoms with Gasteiger partial charge in [-0.15, -0.1) is 0 Å². The van der Waals surface area contributed by atoms with E-state index >= 15 is 0 Å². The molecule has 0 fully saturated rings. The van der Waals surface area contributed by atoms with E-state index in [-0.39, 0.29) is 11.5 Å². The second kappa shape index (κ2) is 7.72. The standard InChI is InChI=1S/C24H19FN2O2/c1-26(16-17-7-3-2-4-8-17)24(29)23(28)22-21(18-10-12-19(25)13-11-18)15-20-9-5-6-14-27(20)22/h2-15H,16H2,1H3. The molecule has 0 aliphatic rings. The van der Waals surface area contributed by atoms with E-state index < -0.39 is 11.7 Å². The van der Waals surface area contributed by atoms with Gasteiger partial charge in [-0.25, -0.2) is 4.39 Å². The number of amides is 1. The molecular formula is C24H19FN2O2. The minimum Gasteiger partial charge on any atom is -0.334 e. The number of nitrogens with zero attached hydrogens (tertiary/aromatic N) is 2. The summed E-state index contributed by atoms with van der Waals surface area (Å²) < 4.78 is 15.1. The zero-order valence-electron chi connectivity index (χ0n) is 15.9. The summed E-state index contributed by atoms with van der Waals surface area (Å²) in [5, 5.41) is 0. The Labute approximate surface area is 167 Å². The summed E-state index contributed by atoms with van der Waals surface area (Å²) in [6, 6.07) is 22.8. The van der Waals surface area contributed by atoms with Gasteiger partial charge in [0.05, 0.1) is 0 Å². The summed E-state index contributed by atoms with van der Waals surface area (Å²) in [4.78, 5) is 27.6. The van der Waals surface area contributed by atoms with Crippen LogP contribution in [-0.2, 0) is 11.3 Å². The number of benzene rings is 2. The maximum atomic E-state index is 13.4. The highest BCUT2D eigenvalue weighted by atomic mass is 19.1. The van der Waals surface area contributed by atoms with Crippen molar-refractivity contribution in [2.45, 2.75) is 6.54 Å². The fourth-order valence-electron chi connectivity index (χ4n) is 3.41. The fourth-order valence-corrected chi connectivity index (χ4v) is 3.41. The van der Waals surface area contributed by atoms with E-state index in [2.05, 4.69) is 0 Å². The van der Waals surface area contributed by atoms with E-state index in [4.69, 9.17) is 0 Å². The summed E-state index contributed by atoms with van der Waals surface area (Å²) in [5.41, 5.74) is 3.28. The van der Waals surface area contributed by atoms with Crippen molar-refractivity contribution < 1.29 is 14.0 Å². The largest absolute Gasteiger partial charge is 0.334 e. The van der Waals surface area contributed by atoms with Crippen molar-refractivity contribution in [3.05, 3.63) is 102 Å². The molecule has 0 spiro atoms. The van der Waals surface area contributed by atoms with E-state index in [9.17, 15) is 14.0 Å². The van der Waals surface area contributed by atoms with Crippen LogP contribution < -0.4 is 0 Å². The molecule has 0 saturated carbocycles. The van der Waals surface area contributed by atoms with Crippen LogP contribution in [0.25, 0.3) is 16.6 Å². The molecule has 4 rings (SSSR count). The minimum atomic E-state index is -0.603. The quantitative estimate of drug-likeness (QED) is 0.372. The Kier molecular flexibility index (Phi) is 4.96. The van der Waals surface area contributed by atoms with Gasteiger partial charge < -0.3 is 9.30 Å². The van der Waals surface area contributed by atoms with Gasteiger partial charge in [-0.2, -0.15) is 0 Å². The second-order valence-electron chi connectivity index (χ2n) is 6.88. The van der Waals surface area contributed by atoms with E-state index in [0.29, 0.717) is 17.7 Å². The van der Waals surface area contributed by atoms with Crippen LogP contribution in [0.15, 0.2) is 85.1 Å². The van der Waals surface area contributed by atoms with E-state index in [1.54, 1.807) is 35.8 Å². The van der Waals surface area contributed by atoms with Gasteiger partial charge in [-0.05, 0) is 41.5 Å². The first-order chi connectivity index (χ1) is 14.0. The molecule has 0 atom stereocenters. The third-order valence-electron chi connectivity index (χ3n) is 4.85. The molecule has 0 unspecified atom stereocenters. The number of hydrogen-bond donors (Lipinski definition) is 0. The summed E-state index contributed by atoms with van der Waals surface area (Å²) in [7, 11) is 1.61. The lowest BCUT2D eigenvalue weighted by atomic mass is 10.0. The van der Waals surface area contributed by atoms with Crippen molar-refractivity contribution in [3.63, 3.8) is 0 Å². The third-order valence-corrected chi connectivity index (χ3v) is 4.85. The number of pyridine rings is 1. The first kappa shape index (κ1) is 18.6. The molecule has 1 amide bonds. The molecule has 0 saturated heterocycles. The van der Waals surface area contributed by atoms with Gasteiger partial charge >= 0.3 is 0 Å². The normalized spacial score (nSPS) is 10.8. The van der Waals surface area contributed by atoms with Gasteiger partial charge in [0.15, 0.2) is 0 Å². The Morgan fingerprint density at radius 2 is 1.62 bits per heavy atom. The average Bonchev–Trinajstić information content (AvgIpc) is 3.13. The molecule has 0 bridgehead atoms. The average molecular weight is 386 g/mol. The fraction of sp³-hybridized carbons (Fsp3) is 0.0833. The van der Waals surface area contributed by atoms with E-state index in [1.165, 1.54) is 17.0 Å². The first-order valence-electron chi connectivity index (χ1n) is 9.24. The van der Waals surface area contributed by atoms with Crippen molar-refractivity contribution in [2.75, 3.05) is 7.05 Å². The van der Waals surface area contributed by atoms with Gasteiger partial charge in [0, 0.05) is 30.9 Å². The number of hydrogen-bond acceptors (Lipinski definition) is 2. The second-order valence-corrected chi connectivity index (χ2v) is 6.88. The highest BCUT2D eigenvalue weighted by Gasteiger charge is 2.27. The van der Waals surface area contributed by atoms with E-state index in [1.807, 2.05) is 48.5 Å². The summed E-state index contributed by atoms with van der Waals surface area (Å²) in [6.45, 7) is 0.334. The van der Waals surface area contributed by atoms with Gasteiger partial charge in [0.2, 0.25) is 0 Å². The molecule has 4 nitrogen and oxygen atoms in total. The van der Waals surface area contributed by atoms with Crippen LogP contribution in [0.3, 0.4) is 0 Å². The molecule has 4 aromatic rings. The van der Waals surface area contributed by atoms with Crippen molar-refractivity contribution in [2.24, 2.45) is 0 Å². The number of fused-ring (bicyclic) bond motifs is 1. The molecule has 29 heavy (non-hydrogen) atoms. The van der Waals surface area contributed by atoms with Crippen molar-refractivity contribution >= 4 is 17.2 Å². The van der Waals surface area contributed by atoms with Gasteiger partial charge in [-0.3, -0.25) is 9.59 Å². The lowest BCUT2D eigenvalue weighted by Gasteiger charge is -2.17. The van der Waals surface area contributed by atoms with Crippen LogP contribution >= 0.6 is 0 Å². The number of aromatic nitrogens is 1. The maximum absolute atomic E-state index is 13.4. The van der Waals surface area contributed by atoms with Crippen LogP contribution in [-0.4, -0.2) is 28.0 Å². The number of carbonyl (C=O) groups excluding carboxylic acids is 2. The molecule has 0 N–H and O–H groups in total. The summed E-state index contributed by atoms with van der Waals surface area (Å²) in [6.07, 6.45) is 1.75. The molecule has 144 valence electrons. The lowest BCUT2D eigenvalue weighted by Crippen LogP contribution is -2.33. The number of rotatable bonds is 5. The Bertz CT molecular complexity index is 1180. The Morgan fingerprint density at radius 1 is 0.931 bits per heavy atom. The molecule has 2 aromatic heterocycles. The number of halogens is 1. The smallest absolute Gasteiger partial charge is 0.296 e. The lowest BCUT2D eigenvalue weighted by molar-refractivity contribution is -0.125. The van der Waals surface area contributed by atoms with Crippen LogP contribution in [0.2, 0.25) is 0 Å². The first-order valence-corrected chi connectivity index (χ1v) is 9.24. The van der Waals surface area contributed by atoms with Crippen molar-refractivity contribution in [1.29, 1.82) is 0 Å². The van der Waals surface area contributed by atoms with Crippen molar-refractivity contribution in [1.82, 2.24) is 9.30 Å². The van der Waals surface area contributed by atoms with Crippen LogP contribution in [0.5, 0.6) is 0 Å². The molecule has 0 aliphatic heterocycles. The Morgan fingerprint density at radius 3 is 2.34 bits per heavy atom. The van der Waals surface area contributed by atoms with Crippen LogP contribution in [0.4, 0.5) is 4.39 Å². The molecule has 0 radical (unpaired) electrons. The SMILES string of the molecule is CN(Cc1ccccc1)C(=O)C(=O)c1c(-c2ccc(F)cc2)cc2ccccn12. The predicted molar refractivity (Wildman–Crippen MR) is 110 cm³/mol. The van der Waals surface area contributed by atoms with Gasteiger partial charge in [0.1, 0.15) is 11.5 Å². The number of carbonyl (C=O) groups is 2. The minimum absolute atomic E-state index is 0.275. The zero-order chi connectivity index (χ0) is 20.4. The molecule has 2 heterocycles. The van der Waals surface area contributed by atoms with Crippen LogP contribution in [0.1, 0.15) is 16.1 Å². The van der Waals surface area contributed by atoms with Crippen LogP contribution in [0, 0.1) is 5.82 Å². The highest BCUT2D eigenvalue weighted by Crippen LogP contribution is 2.29. The molecule has 5 heteroatoms. The third kappa shape index (κ3) is 3.67. The monoisotopic (exact) mass is 386 g/mol. The Balaban J connectivity index is 1.73. The number of Topliss-reactive ketones (excluding diaryl/α,β-unsaturated/α-hetero) is 1. The molecule has 0 aliphatic carbocycles. The Hall–Kier alpha value is -3.73. The van der Waals surface area contributed by atoms with Gasteiger partial charge in [0.25, 0.3) is 11.7 Å². The highest BCUT2D eigenvalue weighted by molar-refractivity contribution is 6.43. The summed E-state index contributed by atoms with van der Waals surface area (Å²) >= 11 is 0. The topological polar surface area (TPSA) is 41.8 Å². The summed E-state index contributed by atoms with van der Waals surface area (Å²) in [5.74, 6) is -1.56. The maximum Gasteiger partial charge on any atom is 0.296 e. The predicted octanol–water partition coefficient (Wildman–Crippen LogP) is 4.59. The van der Waals surface area contributed by atoms with Gasteiger partial charge in [-0.1, -0.05) is 48.5 Å². The number of likely N-dealkylation sites (N-methyl/N-ethyl adjacent to an activating group) is 1. The molecule has 2 aromatic carbocycles. The van der Waals surface area contributed by atoms with Crippen molar-refractivity contribution in [3.8, 4) is 11.1 Å².